The van der Waals surface area contributed by atoms with Crippen molar-refractivity contribution >= 4 is 11.6 Å². The van der Waals surface area contributed by atoms with Crippen LogP contribution in [0.4, 0.5) is 8.78 Å². The molecule has 2 aliphatic carbocycles. The number of hydrogen-bond acceptors (Lipinski definition) is 0. The summed E-state index contributed by atoms with van der Waals surface area (Å²) in [4.78, 5) is 0. The fourth-order valence-electron chi connectivity index (χ4n) is 4.73. The van der Waals surface area contributed by atoms with E-state index in [4.69, 9.17) is 11.6 Å². The van der Waals surface area contributed by atoms with Crippen molar-refractivity contribution in [1.82, 2.24) is 0 Å². The molecule has 3 unspecified atom stereocenters. The second kappa shape index (κ2) is 5.56. The molecule has 0 N–H and O–H groups in total. The van der Waals surface area contributed by atoms with Crippen LogP contribution in [0.25, 0.3) is 0 Å². The summed E-state index contributed by atoms with van der Waals surface area (Å²) in [6.07, 6.45) is 1.48. The molecule has 4 rings (SSSR count). The Kier molecular flexibility index (Phi) is 3.72. The van der Waals surface area contributed by atoms with Crippen LogP contribution < -0.4 is 0 Å². The minimum absolute atomic E-state index is 0.00932. The highest BCUT2D eigenvalue weighted by atomic mass is 35.5. The minimum atomic E-state index is -2.47. The zero-order chi connectivity index (χ0) is 16.9. The quantitative estimate of drug-likeness (QED) is 0.615. The van der Waals surface area contributed by atoms with Crippen molar-refractivity contribution in [1.29, 1.82) is 0 Å². The van der Waals surface area contributed by atoms with Crippen LogP contribution in [0, 0.1) is 11.8 Å². The average Bonchev–Trinajstić information content (AvgIpc) is 3.14. The lowest BCUT2D eigenvalue weighted by Gasteiger charge is -2.28. The second-order valence-corrected chi connectivity index (χ2v) is 7.87. The summed E-state index contributed by atoms with van der Waals surface area (Å²) >= 11 is 6.23. The van der Waals surface area contributed by atoms with Crippen molar-refractivity contribution in [3.63, 3.8) is 0 Å². The van der Waals surface area contributed by atoms with Crippen molar-refractivity contribution in [2.45, 2.75) is 43.9 Å². The summed E-state index contributed by atoms with van der Waals surface area (Å²) in [7, 11) is 0. The van der Waals surface area contributed by atoms with Gasteiger partial charge < -0.3 is 0 Å². The van der Waals surface area contributed by atoms with E-state index in [9.17, 15) is 8.78 Å². The maximum atomic E-state index is 13.7. The number of rotatable bonds is 3. The molecule has 3 heteroatoms. The van der Waals surface area contributed by atoms with E-state index < -0.39 is 5.92 Å². The standard InChI is InChI=1S/C21H21ClF2/c1-14-18-13-20(23,24)10-11-21(14,18)17-8-6-15(7-9-17)12-16-4-2-3-5-19(16)22/h2-9,14,18H,10-13H2,1H3. The monoisotopic (exact) mass is 346 g/mol. The zero-order valence-electron chi connectivity index (χ0n) is 13.7. The summed E-state index contributed by atoms with van der Waals surface area (Å²) in [6, 6.07) is 16.4. The largest absolute Gasteiger partial charge is 0.248 e. The van der Waals surface area contributed by atoms with E-state index in [0.29, 0.717) is 12.3 Å². The van der Waals surface area contributed by atoms with Crippen molar-refractivity contribution < 1.29 is 8.78 Å². The number of alkyl halides is 2. The molecular weight excluding hydrogens is 326 g/mol. The van der Waals surface area contributed by atoms with Gasteiger partial charge in [0.25, 0.3) is 0 Å². The maximum absolute atomic E-state index is 13.7. The Morgan fingerprint density at radius 1 is 1.04 bits per heavy atom. The summed E-state index contributed by atoms with van der Waals surface area (Å²) in [5.74, 6) is -1.97. The van der Waals surface area contributed by atoms with E-state index in [1.165, 1.54) is 11.1 Å². The van der Waals surface area contributed by atoms with Crippen molar-refractivity contribution in [3.8, 4) is 0 Å². The van der Waals surface area contributed by atoms with E-state index in [1.807, 2.05) is 24.3 Å². The molecular formula is C21H21ClF2. The Bertz CT molecular complexity index is 753. The molecule has 0 bridgehead atoms. The second-order valence-electron chi connectivity index (χ2n) is 7.46. The number of fused-ring (bicyclic) bond motifs is 1. The Morgan fingerprint density at radius 3 is 2.42 bits per heavy atom. The van der Waals surface area contributed by atoms with E-state index in [-0.39, 0.29) is 24.2 Å². The first-order chi connectivity index (χ1) is 11.4. The average molecular weight is 347 g/mol. The molecule has 3 atom stereocenters. The molecule has 0 spiro atoms. The van der Waals surface area contributed by atoms with E-state index in [0.717, 1.165) is 17.0 Å². The lowest BCUT2D eigenvalue weighted by atomic mass is 9.80. The Balaban J connectivity index is 1.54. The lowest BCUT2D eigenvalue weighted by Crippen LogP contribution is -2.28. The normalized spacial score (nSPS) is 30.7. The van der Waals surface area contributed by atoms with Gasteiger partial charge in [-0.3, -0.25) is 0 Å². The fraction of sp³-hybridized carbons (Fsp3) is 0.429. The van der Waals surface area contributed by atoms with E-state index in [1.54, 1.807) is 0 Å². The van der Waals surface area contributed by atoms with Crippen LogP contribution in [0.15, 0.2) is 48.5 Å². The van der Waals surface area contributed by atoms with Crippen LogP contribution in [0.3, 0.4) is 0 Å². The van der Waals surface area contributed by atoms with Crippen molar-refractivity contribution in [2.24, 2.45) is 11.8 Å². The molecule has 0 aliphatic heterocycles. The highest BCUT2D eigenvalue weighted by Gasteiger charge is 2.67. The minimum Gasteiger partial charge on any atom is -0.207 e. The van der Waals surface area contributed by atoms with Gasteiger partial charge in [0, 0.05) is 23.3 Å². The topological polar surface area (TPSA) is 0 Å². The van der Waals surface area contributed by atoms with Crippen molar-refractivity contribution in [2.75, 3.05) is 0 Å². The molecule has 126 valence electrons. The molecule has 24 heavy (non-hydrogen) atoms. The van der Waals surface area contributed by atoms with Gasteiger partial charge in [-0.1, -0.05) is 61.0 Å². The van der Waals surface area contributed by atoms with Gasteiger partial charge in [0.05, 0.1) is 0 Å². The molecule has 2 aromatic rings. The van der Waals surface area contributed by atoms with Gasteiger partial charge in [0.15, 0.2) is 0 Å². The molecule has 0 heterocycles. The summed E-state index contributed by atoms with van der Waals surface area (Å²) in [5, 5.41) is 0.783. The van der Waals surface area contributed by atoms with Gasteiger partial charge in [-0.05, 0) is 47.4 Å². The molecule has 0 aromatic heterocycles. The third kappa shape index (κ3) is 2.56. The third-order valence-electron chi connectivity index (χ3n) is 6.24. The first-order valence-corrected chi connectivity index (χ1v) is 9.01. The Hall–Kier alpha value is -1.41. The summed E-state index contributed by atoms with van der Waals surface area (Å²) in [5.41, 5.74) is 3.54. The number of halogens is 3. The lowest BCUT2D eigenvalue weighted by molar-refractivity contribution is -0.0408. The first kappa shape index (κ1) is 16.1. The van der Waals surface area contributed by atoms with Gasteiger partial charge in [-0.15, -0.1) is 0 Å². The van der Waals surface area contributed by atoms with Crippen LogP contribution >= 0.6 is 11.6 Å². The van der Waals surface area contributed by atoms with Gasteiger partial charge >= 0.3 is 0 Å². The van der Waals surface area contributed by atoms with Crippen LogP contribution in [0.5, 0.6) is 0 Å². The summed E-state index contributed by atoms with van der Waals surface area (Å²) < 4.78 is 27.3. The SMILES string of the molecule is CC1C2CC(F)(F)CCC12c1ccc(Cc2ccccc2Cl)cc1. The summed E-state index contributed by atoms with van der Waals surface area (Å²) in [6.45, 7) is 2.13. The molecule has 0 amide bonds. The van der Waals surface area contributed by atoms with Crippen LogP contribution in [0.2, 0.25) is 5.02 Å². The van der Waals surface area contributed by atoms with E-state index >= 15 is 0 Å². The van der Waals surface area contributed by atoms with Gasteiger partial charge in [-0.2, -0.15) is 0 Å². The molecule has 0 radical (unpaired) electrons. The predicted molar refractivity (Wildman–Crippen MR) is 93.8 cm³/mol. The molecule has 0 saturated heterocycles. The third-order valence-corrected chi connectivity index (χ3v) is 6.60. The number of hydrogen-bond donors (Lipinski definition) is 0. The Labute approximate surface area is 146 Å². The van der Waals surface area contributed by atoms with Gasteiger partial charge in [-0.25, -0.2) is 8.78 Å². The molecule has 2 saturated carbocycles. The van der Waals surface area contributed by atoms with Crippen molar-refractivity contribution in [3.05, 3.63) is 70.2 Å². The molecule has 2 fully saturated rings. The van der Waals surface area contributed by atoms with E-state index in [2.05, 4.69) is 31.2 Å². The van der Waals surface area contributed by atoms with Crippen LogP contribution in [0.1, 0.15) is 42.9 Å². The highest BCUT2D eigenvalue weighted by molar-refractivity contribution is 6.31. The highest BCUT2D eigenvalue weighted by Crippen LogP contribution is 2.69. The Morgan fingerprint density at radius 2 is 1.75 bits per heavy atom. The molecule has 2 aliphatic rings. The number of benzene rings is 2. The zero-order valence-corrected chi connectivity index (χ0v) is 14.5. The first-order valence-electron chi connectivity index (χ1n) is 8.63. The smallest absolute Gasteiger partial charge is 0.207 e. The molecule has 0 nitrogen and oxygen atoms in total. The predicted octanol–water partition coefficient (Wildman–Crippen LogP) is 6.25. The maximum Gasteiger partial charge on any atom is 0.248 e. The van der Waals surface area contributed by atoms with Gasteiger partial charge in [0.2, 0.25) is 5.92 Å². The fourth-order valence-corrected chi connectivity index (χ4v) is 4.93. The van der Waals surface area contributed by atoms with Crippen LogP contribution in [-0.4, -0.2) is 5.92 Å². The van der Waals surface area contributed by atoms with Gasteiger partial charge in [0.1, 0.15) is 0 Å². The van der Waals surface area contributed by atoms with Crippen LogP contribution in [-0.2, 0) is 11.8 Å². The molecule has 2 aromatic carbocycles.